The van der Waals surface area contributed by atoms with Crippen molar-refractivity contribution in [2.75, 3.05) is 6.54 Å². The molecule has 0 bridgehead atoms. The molecule has 1 aromatic rings. The van der Waals surface area contributed by atoms with E-state index in [1.165, 1.54) is 0 Å². The molecular formula is C9H10F3NO. The molecule has 0 fully saturated rings. The number of halogens is 3. The summed E-state index contributed by atoms with van der Waals surface area (Å²) >= 11 is 0. The lowest BCUT2D eigenvalue weighted by atomic mass is 10.1. The normalized spacial score (nSPS) is 12.9. The lowest BCUT2D eigenvalue weighted by Gasteiger charge is -2.10. The van der Waals surface area contributed by atoms with E-state index in [-0.39, 0.29) is 18.5 Å². The van der Waals surface area contributed by atoms with E-state index >= 15 is 0 Å². The number of aliphatic hydroxyl groups is 1. The van der Waals surface area contributed by atoms with Crippen LogP contribution in [0.2, 0.25) is 0 Å². The minimum Gasteiger partial charge on any atom is -0.388 e. The Morgan fingerprint density at radius 3 is 2.43 bits per heavy atom. The van der Waals surface area contributed by atoms with Crippen molar-refractivity contribution in [3.63, 3.8) is 0 Å². The monoisotopic (exact) mass is 205 g/mol. The van der Waals surface area contributed by atoms with Gasteiger partial charge in [-0.1, -0.05) is 6.07 Å². The number of nitrogens with two attached hydrogens (primary N) is 1. The highest BCUT2D eigenvalue weighted by atomic mass is 19.2. The zero-order valence-corrected chi connectivity index (χ0v) is 7.30. The molecule has 0 aliphatic carbocycles. The minimum absolute atomic E-state index is 0.0992. The summed E-state index contributed by atoms with van der Waals surface area (Å²) in [6.07, 6.45) is -1.10. The first-order chi connectivity index (χ1) is 6.57. The molecule has 0 unspecified atom stereocenters. The molecule has 0 aromatic heterocycles. The van der Waals surface area contributed by atoms with Gasteiger partial charge in [0, 0.05) is 5.56 Å². The van der Waals surface area contributed by atoms with Crippen LogP contribution >= 0.6 is 0 Å². The van der Waals surface area contributed by atoms with Crippen LogP contribution in [0.3, 0.4) is 0 Å². The van der Waals surface area contributed by atoms with Gasteiger partial charge in [-0.3, -0.25) is 0 Å². The largest absolute Gasteiger partial charge is 0.388 e. The van der Waals surface area contributed by atoms with Crippen molar-refractivity contribution >= 4 is 0 Å². The van der Waals surface area contributed by atoms with Crippen molar-refractivity contribution in [3.05, 3.63) is 35.1 Å². The first-order valence-corrected chi connectivity index (χ1v) is 4.09. The average Bonchev–Trinajstić information content (AvgIpc) is 2.15. The maximum Gasteiger partial charge on any atom is 0.194 e. The first-order valence-electron chi connectivity index (χ1n) is 4.09. The molecule has 3 N–H and O–H groups in total. The van der Waals surface area contributed by atoms with Gasteiger partial charge in [0.2, 0.25) is 0 Å². The van der Waals surface area contributed by atoms with Crippen LogP contribution in [0.25, 0.3) is 0 Å². The molecule has 0 spiro atoms. The van der Waals surface area contributed by atoms with Gasteiger partial charge in [-0.05, 0) is 19.0 Å². The molecule has 0 aliphatic rings. The van der Waals surface area contributed by atoms with E-state index in [2.05, 4.69) is 0 Å². The summed E-state index contributed by atoms with van der Waals surface area (Å²) in [4.78, 5) is 0. The van der Waals surface area contributed by atoms with Gasteiger partial charge in [0.15, 0.2) is 17.5 Å². The SMILES string of the molecule is NCC[C@H](O)c1ccc(F)c(F)c1F. The highest BCUT2D eigenvalue weighted by molar-refractivity contribution is 5.22. The standard InChI is InChI=1S/C9H10F3NO/c10-6-2-1-5(7(14)3-4-13)8(11)9(6)12/h1-2,7,14H,3-4,13H2/t7-/m0/s1. The van der Waals surface area contributed by atoms with Gasteiger partial charge >= 0.3 is 0 Å². The van der Waals surface area contributed by atoms with Crippen LogP contribution in [0.4, 0.5) is 13.2 Å². The number of rotatable bonds is 3. The lowest BCUT2D eigenvalue weighted by Crippen LogP contribution is -2.09. The predicted molar refractivity (Wildman–Crippen MR) is 44.9 cm³/mol. The van der Waals surface area contributed by atoms with Gasteiger partial charge in [-0.25, -0.2) is 13.2 Å². The Bertz CT molecular complexity index is 330. The quantitative estimate of drug-likeness (QED) is 0.734. The number of hydrogen-bond donors (Lipinski definition) is 2. The zero-order chi connectivity index (χ0) is 10.7. The summed E-state index contributed by atoms with van der Waals surface area (Å²) in [5, 5.41) is 9.31. The molecule has 0 amide bonds. The molecule has 5 heteroatoms. The topological polar surface area (TPSA) is 46.2 Å². The molecule has 0 aliphatic heterocycles. The second-order valence-corrected chi connectivity index (χ2v) is 2.86. The maximum absolute atomic E-state index is 13.0. The Balaban J connectivity index is 3.04. The smallest absolute Gasteiger partial charge is 0.194 e. The average molecular weight is 205 g/mol. The van der Waals surface area contributed by atoms with E-state index in [0.717, 1.165) is 12.1 Å². The number of aliphatic hydroxyl groups excluding tert-OH is 1. The molecule has 1 aromatic carbocycles. The fraction of sp³-hybridized carbons (Fsp3) is 0.333. The fourth-order valence-corrected chi connectivity index (χ4v) is 1.11. The summed E-state index contributed by atoms with van der Waals surface area (Å²) in [6.45, 7) is 0.138. The van der Waals surface area contributed by atoms with Crippen LogP contribution < -0.4 is 5.73 Å². The van der Waals surface area contributed by atoms with E-state index < -0.39 is 23.6 Å². The molecule has 14 heavy (non-hydrogen) atoms. The molecule has 2 nitrogen and oxygen atoms in total. The second kappa shape index (κ2) is 4.43. The number of hydrogen-bond acceptors (Lipinski definition) is 2. The van der Waals surface area contributed by atoms with Crippen LogP contribution in [0, 0.1) is 17.5 Å². The van der Waals surface area contributed by atoms with Crippen molar-refractivity contribution in [1.29, 1.82) is 0 Å². The van der Waals surface area contributed by atoms with Crippen LogP contribution in [-0.4, -0.2) is 11.7 Å². The van der Waals surface area contributed by atoms with Crippen LogP contribution in [0.1, 0.15) is 18.1 Å². The van der Waals surface area contributed by atoms with E-state index in [1.807, 2.05) is 0 Å². The molecule has 0 heterocycles. The second-order valence-electron chi connectivity index (χ2n) is 2.86. The maximum atomic E-state index is 13.0. The van der Waals surface area contributed by atoms with Crippen molar-refractivity contribution in [2.45, 2.75) is 12.5 Å². The van der Waals surface area contributed by atoms with Crippen LogP contribution in [0.5, 0.6) is 0 Å². The molecule has 78 valence electrons. The Hall–Kier alpha value is -1.07. The van der Waals surface area contributed by atoms with Gasteiger partial charge in [-0.15, -0.1) is 0 Å². The third kappa shape index (κ3) is 2.05. The summed E-state index contributed by atoms with van der Waals surface area (Å²) in [5.41, 5.74) is 4.87. The molecular weight excluding hydrogens is 195 g/mol. The molecule has 0 radical (unpaired) electrons. The summed E-state index contributed by atoms with van der Waals surface area (Å²) < 4.78 is 38.2. The predicted octanol–water partition coefficient (Wildman–Crippen LogP) is 1.49. The van der Waals surface area contributed by atoms with Gasteiger partial charge in [0.1, 0.15) is 0 Å². The van der Waals surface area contributed by atoms with Crippen molar-refractivity contribution < 1.29 is 18.3 Å². The third-order valence-electron chi connectivity index (χ3n) is 1.86. The molecule has 1 rings (SSSR count). The fourth-order valence-electron chi connectivity index (χ4n) is 1.11. The molecule has 0 saturated carbocycles. The summed E-state index contributed by atoms with van der Waals surface area (Å²) in [6, 6.07) is 1.78. The Kier molecular flexibility index (Phi) is 3.49. The lowest BCUT2D eigenvalue weighted by molar-refractivity contribution is 0.164. The van der Waals surface area contributed by atoms with Gasteiger partial charge < -0.3 is 10.8 Å². The van der Waals surface area contributed by atoms with Crippen LogP contribution in [-0.2, 0) is 0 Å². The van der Waals surface area contributed by atoms with Gasteiger partial charge in [0.25, 0.3) is 0 Å². The van der Waals surface area contributed by atoms with Gasteiger partial charge in [0.05, 0.1) is 6.10 Å². The summed E-state index contributed by atoms with van der Waals surface area (Å²) in [7, 11) is 0. The van der Waals surface area contributed by atoms with Crippen LogP contribution in [0.15, 0.2) is 12.1 Å². The van der Waals surface area contributed by atoms with E-state index in [9.17, 15) is 18.3 Å². The van der Waals surface area contributed by atoms with Crippen molar-refractivity contribution in [1.82, 2.24) is 0 Å². The van der Waals surface area contributed by atoms with Gasteiger partial charge in [-0.2, -0.15) is 0 Å². The minimum atomic E-state index is -1.57. The Morgan fingerprint density at radius 2 is 1.86 bits per heavy atom. The highest BCUT2D eigenvalue weighted by Crippen LogP contribution is 2.22. The van der Waals surface area contributed by atoms with Crippen molar-refractivity contribution in [2.24, 2.45) is 5.73 Å². The number of benzene rings is 1. The highest BCUT2D eigenvalue weighted by Gasteiger charge is 2.18. The Labute approximate surface area is 79.2 Å². The van der Waals surface area contributed by atoms with E-state index in [1.54, 1.807) is 0 Å². The first kappa shape index (κ1) is 11.0. The zero-order valence-electron chi connectivity index (χ0n) is 7.30. The molecule has 1 atom stereocenters. The Morgan fingerprint density at radius 1 is 1.21 bits per heavy atom. The van der Waals surface area contributed by atoms with Crippen molar-refractivity contribution in [3.8, 4) is 0 Å². The molecule has 0 saturated heterocycles. The third-order valence-corrected chi connectivity index (χ3v) is 1.86. The van der Waals surface area contributed by atoms with E-state index in [4.69, 9.17) is 5.73 Å². The van der Waals surface area contributed by atoms with E-state index in [0.29, 0.717) is 0 Å². The summed E-state index contributed by atoms with van der Waals surface area (Å²) in [5.74, 6) is -4.20.